The molecule has 0 spiro atoms. The fourth-order valence-electron chi connectivity index (χ4n) is 1.89. The average Bonchev–Trinajstić information content (AvgIpc) is 2.40. The minimum Gasteiger partial charge on any atom is -0.476 e. The molecule has 6 nitrogen and oxygen atoms in total. The zero-order chi connectivity index (χ0) is 14.0. The van der Waals surface area contributed by atoms with Crippen molar-refractivity contribution in [3.05, 3.63) is 35.7 Å². The van der Waals surface area contributed by atoms with Crippen LogP contribution in [0.5, 0.6) is 0 Å². The van der Waals surface area contributed by atoms with Gasteiger partial charge in [-0.15, -0.1) is 0 Å². The third-order valence-electron chi connectivity index (χ3n) is 2.81. The van der Waals surface area contributed by atoms with Crippen molar-refractivity contribution >= 4 is 28.3 Å². The Morgan fingerprint density at radius 2 is 2.05 bits per heavy atom. The van der Waals surface area contributed by atoms with Crippen LogP contribution in [0, 0.1) is 6.92 Å². The van der Waals surface area contributed by atoms with Gasteiger partial charge in [-0.1, -0.05) is 12.1 Å². The molecule has 4 N–H and O–H groups in total. The number of nitrogens with one attached hydrogen (secondary N) is 1. The minimum absolute atomic E-state index is 0.0410. The zero-order valence-electron chi connectivity index (χ0n) is 10.3. The molecule has 6 heteroatoms. The van der Waals surface area contributed by atoms with Crippen LogP contribution in [0.25, 0.3) is 10.8 Å². The molecule has 1 aromatic carbocycles. The van der Waals surface area contributed by atoms with E-state index in [9.17, 15) is 9.59 Å². The van der Waals surface area contributed by atoms with Crippen molar-refractivity contribution < 1.29 is 14.7 Å². The maximum Gasteiger partial charge on any atom is 0.355 e. The van der Waals surface area contributed by atoms with E-state index < -0.39 is 5.97 Å². The van der Waals surface area contributed by atoms with Crippen LogP contribution in [0.15, 0.2) is 24.4 Å². The number of carboxylic acid groups (broad SMARTS) is 1. The van der Waals surface area contributed by atoms with Gasteiger partial charge in [-0.3, -0.25) is 4.79 Å². The molecule has 0 atom stereocenters. The van der Waals surface area contributed by atoms with Crippen LogP contribution < -0.4 is 11.1 Å². The van der Waals surface area contributed by atoms with Crippen molar-refractivity contribution in [3.8, 4) is 0 Å². The number of aromatic nitrogens is 1. The summed E-state index contributed by atoms with van der Waals surface area (Å²) in [4.78, 5) is 26.4. The summed E-state index contributed by atoms with van der Waals surface area (Å²) in [6, 6.07) is 5.09. The number of fused-ring (bicyclic) bond motifs is 1. The Morgan fingerprint density at radius 1 is 1.32 bits per heavy atom. The second-order valence-electron chi connectivity index (χ2n) is 4.07. The van der Waals surface area contributed by atoms with E-state index in [0.29, 0.717) is 16.5 Å². The summed E-state index contributed by atoms with van der Waals surface area (Å²) in [6.45, 7) is 1.69. The number of aryl methyl sites for hydroxylation is 1. The van der Waals surface area contributed by atoms with Gasteiger partial charge in [-0.05, 0) is 18.6 Å². The Kier molecular flexibility index (Phi) is 3.43. The number of hydrogen-bond donors (Lipinski definition) is 3. The number of amides is 1. The maximum atomic E-state index is 11.4. The SMILES string of the molecule is Cc1ccc2c(C(=O)O)nccc2c1NC(=O)CN. The lowest BCUT2D eigenvalue weighted by Crippen LogP contribution is -2.22. The van der Waals surface area contributed by atoms with Crippen molar-refractivity contribution in [2.45, 2.75) is 6.92 Å². The van der Waals surface area contributed by atoms with Crippen LogP contribution in [-0.2, 0) is 4.79 Å². The van der Waals surface area contributed by atoms with E-state index >= 15 is 0 Å². The number of rotatable bonds is 3. The molecular weight excluding hydrogens is 246 g/mol. The number of carbonyl (C=O) groups excluding carboxylic acids is 1. The van der Waals surface area contributed by atoms with E-state index in [4.69, 9.17) is 10.8 Å². The highest BCUT2D eigenvalue weighted by atomic mass is 16.4. The number of aromatic carboxylic acids is 1. The summed E-state index contributed by atoms with van der Waals surface area (Å²) in [7, 11) is 0. The molecule has 0 aliphatic rings. The van der Waals surface area contributed by atoms with Crippen molar-refractivity contribution in [2.75, 3.05) is 11.9 Å². The van der Waals surface area contributed by atoms with Crippen LogP contribution in [0.3, 0.4) is 0 Å². The second-order valence-corrected chi connectivity index (χ2v) is 4.07. The molecule has 0 aliphatic heterocycles. The summed E-state index contributed by atoms with van der Waals surface area (Å²) >= 11 is 0. The summed E-state index contributed by atoms with van der Waals surface area (Å²) in [5, 5.41) is 12.9. The molecular formula is C13H13N3O3. The zero-order valence-corrected chi connectivity index (χ0v) is 10.3. The van der Waals surface area contributed by atoms with Crippen LogP contribution in [0.1, 0.15) is 16.1 Å². The van der Waals surface area contributed by atoms with Crippen molar-refractivity contribution in [2.24, 2.45) is 5.73 Å². The molecule has 19 heavy (non-hydrogen) atoms. The Balaban J connectivity index is 2.69. The minimum atomic E-state index is -1.11. The molecule has 98 valence electrons. The van der Waals surface area contributed by atoms with Crippen molar-refractivity contribution in [1.29, 1.82) is 0 Å². The standard InChI is InChI=1S/C13H13N3O3/c1-7-2-3-8-9(11(7)16-10(17)6-14)4-5-15-12(8)13(18)19/h2-5H,6,14H2,1H3,(H,16,17)(H,18,19). The highest BCUT2D eigenvalue weighted by Gasteiger charge is 2.14. The molecule has 0 aliphatic carbocycles. The lowest BCUT2D eigenvalue weighted by atomic mass is 10.0. The van der Waals surface area contributed by atoms with E-state index in [2.05, 4.69) is 10.3 Å². The first-order valence-corrected chi connectivity index (χ1v) is 5.66. The second kappa shape index (κ2) is 5.03. The van der Waals surface area contributed by atoms with Gasteiger partial charge >= 0.3 is 5.97 Å². The van der Waals surface area contributed by atoms with Crippen molar-refractivity contribution in [1.82, 2.24) is 4.98 Å². The fourth-order valence-corrected chi connectivity index (χ4v) is 1.89. The van der Waals surface area contributed by atoms with Gasteiger partial charge in [-0.25, -0.2) is 9.78 Å². The van der Waals surface area contributed by atoms with Crippen LogP contribution in [-0.4, -0.2) is 28.5 Å². The smallest absolute Gasteiger partial charge is 0.355 e. The molecule has 0 saturated heterocycles. The first kappa shape index (κ1) is 13.0. The Bertz CT molecular complexity index is 667. The van der Waals surface area contributed by atoms with Crippen LogP contribution in [0.4, 0.5) is 5.69 Å². The summed E-state index contributed by atoms with van der Waals surface area (Å²) < 4.78 is 0. The average molecular weight is 259 g/mol. The topological polar surface area (TPSA) is 105 Å². The van der Waals surface area contributed by atoms with Gasteiger partial charge in [-0.2, -0.15) is 0 Å². The van der Waals surface area contributed by atoms with E-state index in [0.717, 1.165) is 5.56 Å². The quantitative estimate of drug-likeness (QED) is 0.766. The fraction of sp³-hybridized carbons (Fsp3) is 0.154. The van der Waals surface area contributed by atoms with Crippen molar-refractivity contribution in [3.63, 3.8) is 0 Å². The highest BCUT2D eigenvalue weighted by molar-refractivity contribution is 6.09. The number of benzene rings is 1. The van der Waals surface area contributed by atoms with Gasteiger partial charge in [0.25, 0.3) is 0 Å². The number of hydrogen-bond acceptors (Lipinski definition) is 4. The monoisotopic (exact) mass is 259 g/mol. The number of carboxylic acids is 1. The van der Waals surface area contributed by atoms with Gasteiger partial charge < -0.3 is 16.2 Å². The predicted octanol–water partition coefficient (Wildman–Crippen LogP) is 1.14. The van der Waals surface area contributed by atoms with Crippen LogP contribution >= 0.6 is 0 Å². The third kappa shape index (κ3) is 2.38. The number of pyridine rings is 1. The van der Waals surface area contributed by atoms with Gasteiger partial charge in [0.15, 0.2) is 5.69 Å². The lowest BCUT2D eigenvalue weighted by molar-refractivity contribution is -0.114. The largest absolute Gasteiger partial charge is 0.476 e. The molecule has 1 amide bonds. The lowest BCUT2D eigenvalue weighted by Gasteiger charge is -2.12. The molecule has 0 bridgehead atoms. The van der Waals surface area contributed by atoms with E-state index in [1.54, 1.807) is 18.2 Å². The molecule has 0 radical (unpaired) electrons. The Hall–Kier alpha value is -2.47. The molecule has 1 aromatic heterocycles. The molecule has 1 heterocycles. The normalized spacial score (nSPS) is 10.4. The molecule has 2 aromatic rings. The molecule has 2 rings (SSSR count). The maximum absolute atomic E-state index is 11.4. The first-order valence-electron chi connectivity index (χ1n) is 5.66. The van der Waals surface area contributed by atoms with Gasteiger partial charge in [0.2, 0.25) is 5.91 Å². The molecule has 0 unspecified atom stereocenters. The van der Waals surface area contributed by atoms with Gasteiger partial charge in [0.1, 0.15) is 0 Å². The summed E-state index contributed by atoms with van der Waals surface area (Å²) in [5.41, 5.74) is 6.63. The van der Waals surface area contributed by atoms with Gasteiger partial charge in [0.05, 0.1) is 12.2 Å². The molecule has 0 fully saturated rings. The molecule has 0 saturated carbocycles. The van der Waals surface area contributed by atoms with Crippen LogP contribution in [0.2, 0.25) is 0 Å². The number of nitrogens with two attached hydrogens (primary N) is 1. The number of carbonyl (C=O) groups is 2. The highest BCUT2D eigenvalue weighted by Crippen LogP contribution is 2.28. The van der Waals surface area contributed by atoms with E-state index in [1.807, 2.05) is 6.92 Å². The van der Waals surface area contributed by atoms with E-state index in [-0.39, 0.29) is 18.1 Å². The Labute approximate surface area is 109 Å². The number of anilines is 1. The predicted molar refractivity (Wildman–Crippen MR) is 71.1 cm³/mol. The summed E-state index contributed by atoms with van der Waals surface area (Å²) in [5.74, 6) is -1.44. The third-order valence-corrected chi connectivity index (χ3v) is 2.81. The first-order chi connectivity index (χ1) is 9.04. The Morgan fingerprint density at radius 3 is 2.68 bits per heavy atom. The van der Waals surface area contributed by atoms with Gasteiger partial charge in [0, 0.05) is 17.0 Å². The van der Waals surface area contributed by atoms with E-state index in [1.165, 1.54) is 6.20 Å². The number of nitrogens with zero attached hydrogens (tertiary/aromatic N) is 1. The summed E-state index contributed by atoms with van der Waals surface area (Å²) in [6.07, 6.45) is 1.41.